The number of hydrogen-bond acceptors (Lipinski definition) is 6. The first-order valence-electron chi connectivity index (χ1n) is 32.3. The lowest BCUT2D eigenvalue weighted by atomic mass is 10.1. The lowest BCUT2D eigenvalue weighted by Crippen LogP contribution is -2.30. The Morgan fingerprint density at radius 2 is 0.444 bits per heavy atom. The number of allylic oxidation sites excluding steroid dienone is 30. The number of carbonyl (C=O) groups excluding carboxylic acids is 3. The van der Waals surface area contributed by atoms with Gasteiger partial charge in [0.05, 0.1) is 0 Å². The molecule has 0 aromatic carbocycles. The Kier molecular flexibility index (Phi) is 62.5. The molecule has 0 fully saturated rings. The van der Waals surface area contributed by atoms with Crippen molar-refractivity contribution in [2.75, 3.05) is 13.2 Å². The van der Waals surface area contributed by atoms with Crippen molar-refractivity contribution in [2.24, 2.45) is 0 Å². The lowest BCUT2D eigenvalue weighted by Gasteiger charge is -2.18. The van der Waals surface area contributed by atoms with E-state index in [1.807, 2.05) is 0 Å². The smallest absolute Gasteiger partial charge is 0.306 e. The molecular weight excluding hydrogens is 997 g/mol. The Morgan fingerprint density at radius 3 is 0.704 bits per heavy atom. The first-order chi connectivity index (χ1) is 40.0. The predicted octanol–water partition coefficient (Wildman–Crippen LogP) is 22.4. The minimum absolute atomic E-state index is 0.110. The van der Waals surface area contributed by atoms with Crippen LogP contribution in [0.4, 0.5) is 0 Å². The number of esters is 3. The maximum Gasteiger partial charge on any atom is 0.306 e. The lowest BCUT2D eigenvalue weighted by molar-refractivity contribution is -0.167. The quantitative estimate of drug-likeness (QED) is 0.0261. The molecule has 0 rings (SSSR count). The van der Waals surface area contributed by atoms with Crippen molar-refractivity contribution in [1.29, 1.82) is 0 Å². The molecule has 6 heteroatoms. The van der Waals surface area contributed by atoms with E-state index < -0.39 is 6.10 Å². The van der Waals surface area contributed by atoms with Crippen molar-refractivity contribution in [1.82, 2.24) is 0 Å². The number of ether oxygens (including phenoxy) is 3. The van der Waals surface area contributed by atoms with Gasteiger partial charge in [0.1, 0.15) is 13.2 Å². The second-order valence-electron chi connectivity index (χ2n) is 20.5. The first kappa shape index (κ1) is 75.5. The largest absolute Gasteiger partial charge is 0.462 e. The average Bonchev–Trinajstić information content (AvgIpc) is 3.46. The van der Waals surface area contributed by atoms with Crippen LogP contribution in [0.5, 0.6) is 0 Å². The second-order valence-corrected chi connectivity index (χ2v) is 20.5. The first-order valence-corrected chi connectivity index (χ1v) is 32.3. The molecule has 0 heterocycles. The maximum absolute atomic E-state index is 12.9. The molecule has 0 amide bonds. The van der Waals surface area contributed by atoms with E-state index in [9.17, 15) is 14.4 Å². The monoisotopic (exact) mass is 1110 g/mol. The summed E-state index contributed by atoms with van der Waals surface area (Å²) in [6.07, 6.45) is 100. The van der Waals surface area contributed by atoms with Crippen LogP contribution in [0, 0.1) is 0 Å². The summed E-state index contributed by atoms with van der Waals surface area (Å²) in [5.74, 6) is -0.980. The summed E-state index contributed by atoms with van der Waals surface area (Å²) in [6, 6.07) is 0. The fourth-order valence-electron chi connectivity index (χ4n) is 8.17. The summed E-state index contributed by atoms with van der Waals surface area (Å²) >= 11 is 0. The van der Waals surface area contributed by atoms with Crippen molar-refractivity contribution in [3.05, 3.63) is 182 Å². The van der Waals surface area contributed by atoms with Gasteiger partial charge >= 0.3 is 17.9 Å². The summed E-state index contributed by atoms with van der Waals surface area (Å²) in [5, 5.41) is 0. The zero-order chi connectivity index (χ0) is 58.5. The Bertz CT molecular complexity index is 1900. The Labute approximate surface area is 497 Å². The standard InChI is InChI=1S/C75H116O6/c1-4-7-10-13-16-19-22-25-27-29-30-31-32-33-34-35-36-37-38-39-40-41-42-43-44-46-47-50-53-56-59-62-65-68-74(77)80-71-72(70-79-73(76)67-64-61-58-55-52-49-24-21-18-15-12-9-6-3)81-75(78)69-66-63-60-57-54-51-48-45-28-26-23-20-17-14-11-8-5-2/h7-12,16-21,25-28,30-31,33-34,36-37,39-40,42-43,48-49,51-52,72H,4-6,13-15,22-24,29,32,35,38,41,44-47,50,53-71H2,1-3H3/b10-7-,11-8-,12-9-,19-16-,20-17-,21-18-,27-25-,28-26-,31-30-,34-33-,37-36-,40-39-,43-42-,51-48-,52-49-. The third-order valence-corrected chi connectivity index (χ3v) is 12.9. The highest BCUT2D eigenvalue weighted by Crippen LogP contribution is 2.14. The molecular formula is C75H116O6. The van der Waals surface area contributed by atoms with Crippen LogP contribution in [-0.4, -0.2) is 37.2 Å². The van der Waals surface area contributed by atoms with Gasteiger partial charge in [0.15, 0.2) is 6.10 Å². The third kappa shape index (κ3) is 65.2. The molecule has 0 radical (unpaired) electrons. The normalized spacial score (nSPS) is 13.4. The SMILES string of the molecule is CC/C=C\C/C=C\C/C=C\C/C=C\C/C=C\C/C=C\C/C=C\C/C=C\CCCCCCCCCCC(=O)OCC(COC(=O)CCCCC/C=C\C/C=C\C/C=C\CC)OC(=O)CCCCCC/C=C\C/C=C\C/C=C\C/C=C\CC. The van der Waals surface area contributed by atoms with E-state index in [1.54, 1.807) is 0 Å². The number of carbonyl (C=O) groups is 3. The minimum Gasteiger partial charge on any atom is -0.462 e. The van der Waals surface area contributed by atoms with Crippen molar-refractivity contribution < 1.29 is 28.6 Å². The topological polar surface area (TPSA) is 78.9 Å². The molecule has 6 nitrogen and oxygen atoms in total. The molecule has 0 N–H and O–H groups in total. The Hall–Kier alpha value is -5.49. The Balaban J connectivity index is 4.36. The van der Waals surface area contributed by atoms with Gasteiger partial charge in [-0.25, -0.2) is 0 Å². The molecule has 81 heavy (non-hydrogen) atoms. The van der Waals surface area contributed by atoms with Gasteiger partial charge in [-0.05, 0) is 154 Å². The fraction of sp³-hybridized carbons (Fsp3) is 0.560. The van der Waals surface area contributed by atoms with Crippen molar-refractivity contribution in [3.63, 3.8) is 0 Å². The summed E-state index contributed by atoms with van der Waals surface area (Å²) in [7, 11) is 0. The van der Waals surface area contributed by atoms with Crippen LogP contribution in [0.25, 0.3) is 0 Å². The van der Waals surface area contributed by atoms with Crippen LogP contribution in [0.1, 0.15) is 252 Å². The summed E-state index contributed by atoms with van der Waals surface area (Å²) in [6.45, 7) is 6.23. The zero-order valence-corrected chi connectivity index (χ0v) is 51.7. The molecule has 1 unspecified atom stereocenters. The van der Waals surface area contributed by atoms with Gasteiger partial charge in [-0.2, -0.15) is 0 Å². The maximum atomic E-state index is 12.9. The van der Waals surface area contributed by atoms with Crippen molar-refractivity contribution >= 4 is 17.9 Å². The zero-order valence-electron chi connectivity index (χ0n) is 51.7. The third-order valence-electron chi connectivity index (χ3n) is 12.9. The molecule has 0 saturated carbocycles. The van der Waals surface area contributed by atoms with Crippen LogP contribution in [0.2, 0.25) is 0 Å². The number of hydrogen-bond donors (Lipinski definition) is 0. The second kappa shape index (κ2) is 67.0. The number of unbranched alkanes of at least 4 members (excludes halogenated alkanes) is 15. The average molecular weight is 1110 g/mol. The molecule has 0 aliphatic carbocycles. The van der Waals surface area contributed by atoms with Gasteiger partial charge in [0, 0.05) is 19.3 Å². The van der Waals surface area contributed by atoms with E-state index in [0.29, 0.717) is 12.8 Å². The van der Waals surface area contributed by atoms with Crippen LogP contribution in [0.3, 0.4) is 0 Å². The molecule has 0 aromatic heterocycles. The van der Waals surface area contributed by atoms with Crippen LogP contribution in [0.15, 0.2) is 182 Å². The van der Waals surface area contributed by atoms with Crippen LogP contribution >= 0.6 is 0 Å². The van der Waals surface area contributed by atoms with Gasteiger partial charge in [0.25, 0.3) is 0 Å². The highest BCUT2D eigenvalue weighted by molar-refractivity contribution is 5.71. The Morgan fingerprint density at radius 1 is 0.247 bits per heavy atom. The van der Waals surface area contributed by atoms with Crippen molar-refractivity contribution in [2.45, 2.75) is 258 Å². The van der Waals surface area contributed by atoms with E-state index >= 15 is 0 Å². The number of rotatable bonds is 56. The van der Waals surface area contributed by atoms with E-state index in [2.05, 4.69) is 203 Å². The van der Waals surface area contributed by atoms with Gasteiger partial charge in [0.2, 0.25) is 0 Å². The molecule has 0 bridgehead atoms. The summed E-state index contributed by atoms with van der Waals surface area (Å²) < 4.78 is 16.8. The van der Waals surface area contributed by atoms with Gasteiger partial charge < -0.3 is 14.2 Å². The highest BCUT2D eigenvalue weighted by atomic mass is 16.6. The van der Waals surface area contributed by atoms with Crippen LogP contribution in [-0.2, 0) is 28.6 Å². The minimum atomic E-state index is -0.817. The van der Waals surface area contributed by atoms with E-state index in [1.165, 1.54) is 32.1 Å². The van der Waals surface area contributed by atoms with E-state index in [4.69, 9.17) is 14.2 Å². The van der Waals surface area contributed by atoms with E-state index in [-0.39, 0.29) is 37.5 Å². The van der Waals surface area contributed by atoms with Crippen molar-refractivity contribution in [3.8, 4) is 0 Å². The van der Waals surface area contributed by atoms with E-state index in [0.717, 1.165) is 180 Å². The van der Waals surface area contributed by atoms with Gasteiger partial charge in [-0.3, -0.25) is 14.4 Å². The molecule has 452 valence electrons. The summed E-state index contributed by atoms with van der Waals surface area (Å²) in [4.78, 5) is 38.3. The fourth-order valence-corrected chi connectivity index (χ4v) is 8.17. The molecule has 1 atom stereocenters. The molecule has 0 aliphatic rings. The van der Waals surface area contributed by atoms with Crippen LogP contribution < -0.4 is 0 Å². The molecule has 0 aliphatic heterocycles. The van der Waals surface area contributed by atoms with Gasteiger partial charge in [-0.15, -0.1) is 0 Å². The molecule has 0 spiro atoms. The molecule has 0 saturated heterocycles. The highest BCUT2D eigenvalue weighted by Gasteiger charge is 2.19. The summed E-state index contributed by atoms with van der Waals surface area (Å²) in [5.41, 5.74) is 0. The molecule has 0 aromatic rings. The predicted molar refractivity (Wildman–Crippen MR) is 352 cm³/mol. The van der Waals surface area contributed by atoms with Gasteiger partial charge in [-0.1, -0.05) is 261 Å².